The molecule has 1 unspecified atom stereocenters. The van der Waals surface area contributed by atoms with E-state index in [-0.39, 0.29) is 11.7 Å². The highest BCUT2D eigenvalue weighted by Gasteiger charge is 2.18. The van der Waals surface area contributed by atoms with Gasteiger partial charge in [-0.05, 0) is 37.1 Å². The lowest BCUT2D eigenvalue weighted by Crippen LogP contribution is -2.39. The molecule has 1 aliphatic rings. The first-order valence-corrected chi connectivity index (χ1v) is 6.40. The van der Waals surface area contributed by atoms with Crippen LogP contribution in [0.1, 0.15) is 18.4 Å². The van der Waals surface area contributed by atoms with Gasteiger partial charge < -0.3 is 15.3 Å². The van der Waals surface area contributed by atoms with E-state index < -0.39 is 0 Å². The second-order valence-corrected chi connectivity index (χ2v) is 4.91. The predicted molar refractivity (Wildman–Crippen MR) is 70.5 cm³/mol. The Kier molecular flexibility index (Phi) is 4.20. The minimum Gasteiger partial charge on any atom is -0.508 e. The molecule has 98 valence electrons. The third-order valence-corrected chi connectivity index (χ3v) is 3.37. The number of amides is 1. The summed E-state index contributed by atoms with van der Waals surface area (Å²) in [6.45, 7) is 1.83. The van der Waals surface area contributed by atoms with Gasteiger partial charge in [0.2, 0.25) is 5.91 Å². The van der Waals surface area contributed by atoms with E-state index in [4.69, 9.17) is 0 Å². The summed E-state index contributed by atoms with van der Waals surface area (Å²) in [4.78, 5) is 13.8. The molecule has 0 saturated carbocycles. The predicted octanol–water partition coefficient (Wildman–Crippen LogP) is 1.15. The van der Waals surface area contributed by atoms with Gasteiger partial charge in [-0.2, -0.15) is 0 Å². The number of likely N-dealkylation sites (N-methyl/N-ethyl adjacent to an activating group) is 1. The smallest absolute Gasteiger partial charge is 0.226 e. The molecular formula is C14H20N2O2. The van der Waals surface area contributed by atoms with Gasteiger partial charge in [-0.1, -0.05) is 12.1 Å². The fourth-order valence-corrected chi connectivity index (χ4v) is 2.27. The molecule has 0 aromatic heterocycles. The molecular weight excluding hydrogens is 228 g/mol. The number of aromatic hydroxyl groups is 1. The third-order valence-electron chi connectivity index (χ3n) is 3.37. The van der Waals surface area contributed by atoms with Gasteiger partial charge in [-0.15, -0.1) is 0 Å². The van der Waals surface area contributed by atoms with E-state index in [1.165, 1.54) is 6.42 Å². The highest BCUT2D eigenvalue weighted by molar-refractivity contribution is 5.78. The van der Waals surface area contributed by atoms with Crippen LogP contribution in [-0.4, -0.2) is 42.1 Å². The SMILES string of the molecule is CN(CC1CCCN1)C(=O)Cc1ccc(O)cc1. The molecule has 1 heterocycles. The van der Waals surface area contributed by atoms with Crippen LogP contribution in [0.2, 0.25) is 0 Å². The van der Waals surface area contributed by atoms with E-state index in [2.05, 4.69) is 5.32 Å². The Morgan fingerprint density at radius 3 is 2.78 bits per heavy atom. The average Bonchev–Trinajstić information content (AvgIpc) is 2.85. The van der Waals surface area contributed by atoms with Crippen molar-refractivity contribution in [2.75, 3.05) is 20.1 Å². The molecule has 0 aliphatic carbocycles. The summed E-state index contributed by atoms with van der Waals surface area (Å²) in [5.74, 6) is 0.351. The van der Waals surface area contributed by atoms with E-state index in [1.807, 2.05) is 7.05 Å². The molecule has 18 heavy (non-hydrogen) atoms. The van der Waals surface area contributed by atoms with Crippen molar-refractivity contribution in [3.63, 3.8) is 0 Å². The van der Waals surface area contributed by atoms with Gasteiger partial charge in [-0.25, -0.2) is 0 Å². The number of carbonyl (C=O) groups is 1. The Hall–Kier alpha value is -1.55. The van der Waals surface area contributed by atoms with E-state index >= 15 is 0 Å². The first-order chi connectivity index (χ1) is 8.65. The molecule has 4 nitrogen and oxygen atoms in total. The lowest BCUT2D eigenvalue weighted by atomic mass is 10.1. The highest BCUT2D eigenvalue weighted by Crippen LogP contribution is 2.11. The molecule has 1 atom stereocenters. The summed E-state index contributed by atoms with van der Waals surface area (Å²) < 4.78 is 0. The highest BCUT2D eigenvalue weighted by atomic mass is 16.3. The number of nitrogens with zero attached hydrogens (tertiary/aromatic N) is 1. The summed E-state index contributed by atoms with van der Waals surface area (Å²) in [6, 6.07) is 7.24. The maximum Gasteiger partial charge on any atom is 0.226 e. The summed E-state index contributed by atoms with van der Waals surface area (Å²) in [6.07, 6.45) is 2.74. The van der Waals surface area contributed by atoms with Crippen molar-refractivity contribution >= 4 is 5.91 Å². The van der Waals surface area contributed by atoms with E-state index in [1.54, 1.807) is 29.2 Å². The van der Waals surface area contributed by atoms with Crippen LogP contribution in [0.3, 0.4) is 0 Å². The number of nitrogens with one attached hydrogen (secondary N) is 1. The largest absolute Gasteiger partial charge is 0.508 e. The van der Waals surface area contributed by atoms with Crippen LogP contribution >= 0.6 is 0 Å². The molecule has 4 heteroatoms. The van der Waals surface area contributed by atoms with Gasteiger partial charge in [0.1, 0.15) is 5.75 Å². The van der Waals surface area contributed by atoms with Crippen molar-refractivity contribution in [3.05, 3.63) is 29.8 Å². The summed E-state index contributed by atoms with van der Waals surface area (Å²) in [7, 11) is 1.85. The Balaban J connectivity index is 1.84. The van der Waals surface area contributed by atoms with Crippen LogP contribution in [0.15, 0.2) is 24.3 Å². The quantitative estimate of drug-likeness (QED) is 0.840. The normalized spacial score (nSPS) is 18.8. The molecule has 1 saturated heterocycles. The van der Waals surface area contributed by atoms with Crippen LogP contribution in [-0.2, 0) is 11.2 Å². The van der Waals surface area contributed by atoms with Crippen LogP contribution in [0.4, 0.5) is 0 Å². The average molecular weight is 248 g/mol. The third kappa shape index (κ3) is 3.47. The van der Waals surface area contributed by atoms with Crippen LogP contribution < -0.4 is 5.32 Å². The van der Waals surface area contributed by atoms with Gasteiger partial charge >= 0.3 is 0 Å². The number of phenolic OH excluding ortho intramolecular Hbond substituents is 1. The zero-order chi connectivity index (χ0) is 13.0. The summed E-state index contributed by atoms with van der Waals surface area (Å²) in [5.41, 5.74) is 0.934. The number of benzene rings is 1. The van der Waals surface area contributed by atoms with E-state index in [0.717, 1.165) is 25.1 Å². The number of carbonyl (C=O) groups excluding carboxylic acids is 1. The lowest BCUT2D eigenvalue weighted by molar-refractivity contribution is -0.129. The Bertz CT molecular complexity index is 397. The zero-order valence-corrected chi connectivity index (χ0v) is 10.7. The van der Waals surface area contributed by atoms with Crippen LogP contribution in [0.5, 0.6) is 5.75 Å². The fraction of sp³-hybridized carbons (Fsp3) is 0.500. The molecule has 1 aromatic rings. The zero-order valence-electron chi connectivity index (χ0n) is 10.7. The van der Waals surface area contributed by atoms with E-state index in [0.29, 0.717) is 12.5 Å². The van der Waals surface area contributed by atoms with Gasteiger partial charge in [0.05, 0.1) is 6.42 Å². The first kappa shape index (κ1) is 12.9. The minimum atomic E-state index is 0.120. The summed E-state index contributed by atoms with van der Waals surface area (Å²) in [5, 5.41) is 12.6. The Labute approximate surface area is 108 Å². The van der Waals surface area contributed by atoms with Crippen molar-refractivity contribution in [1.82, 2.24) is 10.2 Å². The van der Waals surface area contributed by atoms with Crippen molar-refractivity contribution < 1.29 is 9.90 Å². The molecule has 1 aliphatic heterocycles. The van der Waals surface area contributed by atoms with Gasteiger partial charge in [0.25, 0.3) is 0 Å². The van der Waals surface area contributed by atoms with E-state index in [9.17, 15) is 9.90 Å². The maximum atomic E-state index is 12.0. The number of hydrogen-bond acceptors (Lipinski definition) is 3. The minimum absolute atomic E-state index is 0.120. The molecule has 0 radical (unpaired) electrons. The van der Waals surface area contributed by atoms with Crippen molar-refractivity contribution in [3.8, 4) is 5.75 Å². The molecule has 0 spiro atoms. The fourth-order valence-electron chi connectivity index (χ4n) is 2.27. The molecule has 0 bridgehead atoms. The molecule has 1 aromatic carbocycles. The Morgan fingerprint density at radius 2 is 2.17 bits per heavy atom. The topological polar surface area (TPSA) is 52.6 Å². The van der Waals surface area contributed by atoms with Gasteiger partial charge in [0, 0.05) is 19.6 Å². The maximum absolute atomic E-state index is 12.0. The van der Waals surface area contributed by atoms with Crippen molar-refractivity contribution in [2.24, 2.45) is 0 Å². The number of hydrogen-bond donors (Lipinski definition) is 2. The molecule has 2 N–H and O–H groups in total. The van der Waals surface area contributed by atoms with Crippen molar-refractivity contribution in [1.29, 1.82) is 0 Å². The molecule has 1 fully saturated rings. The lowest BCUT2D eigenvalue weighted by Gasteiger charge is -2.21. The first-order valence-electron chi connectivity index (χ1n) is 6.40. The van der Waals surface area contributed by atoms with Gasteiger partial charge in [-0.3, -0.25) is 4.79 Å². The standard InChI is InChI=1S/C14H20N2O2/c1-16(10-12-3-2-8-15-12)14(18)9-11-4-6-13(17)7-5-11/h4-7,12,15,17H,2-3,8-10H2,1H3. The van der Waals surface area contributed by atoms with Gasteiger partial charge in [0.15, 0.2) is 0 Å². The van der Waals surface area contributed by atoms with Crippen LogP contribution in [0, 0.1) is 0 Å². The second kappa shape index (κ2) is 5.87. The number of phenols is 1. The monoisotopic (exact) mass is 248 g/mol. The number of rotatable bonds is 4. The Morgan fingerprint density at radius 1 is 1.44 bits per heavy atom. The van der Waals surface area contributed by atoms with Crippen molar-refractivity contribution in [2.45, 2.75) is 25.3 Å². The summed E-state index contributed by atoms with van der Waals surface area (Å²) >= 11 is 0. The molecule has 1 amide bonds. The molecule has 2 rings (SSSR count). The second-order valence-electron chi connectivity index (χ2n) is 4.91. The van der Waals surface area contributed by atoms with Crippen LogP contribution in [0.25, 0.3) is 0 Å².